The van der Waals surface area contributed by atoms with Crippen LogP contribution < -0.4 is 32.4 Å². The zero-order valence-corrected chi connectivity index (χ0v) is 19.7. The van der Waals surface area contributed by atoms with Gasteiger partial charge in [-0.05, 0) is 12.1 Å². The quantitative estimate of drug-likeness (QED) is 0.108. The average Bonchev–Trinajstić information content (AvgIpc) is 3.38. The molecule has 3 amide bonds. The number of likely N-dealkylation sites (tertiary alicyclic amines) is 1. The summed E-state index contributed by atoms with van der Waals surface area (Å²) in [6, 6.07) is 1.64. The summed E-state index contributed by atoms with van der Waals surface area (Å²) in [5.41, 5.74) is 10.6. The fourth-order valence-electron chi connectivity index (χ4n) is 5.33. The van der Waals surface area contributed by atoms with E-state index in [0.29, 0.717) is 0 Å². The van der Waals surface area contributed by atoms with Gasteiger partial charge in [-0.3, -0.25) is 41.1 Å². The fraction of sp³-hybridized carbons (Fsp3) is 0.450. The third-order valence-corrected chi connectivity index (χ3v) is 7.81. The molecule has 1 spiro atoms. The summed E-state index contributed by atoms with van der Waals surface area (Å²) in [5.74, 6) is -3.90. The number of nitrogens with zero attached hydrogens (tertiary/aromatic N) is 2. The van der Waals surface area contributed by atoms with Crippen LogP contribution in [0.2, 0.25) is 10.0 Å². The van der Waals surface area contributed by atoms with Gasteiger partial charge in [-0.15, -0.1) is 0 Å². The van der Waals surface area contributed by atoms with Crippen LogP contribution in [0.1, 0.15) is 23.2 Å². The molecule has 13 nitrogen and oxygen atoms in total. The maximum Gasteiger partial charge on any atom is 0.347 e. The number of amides is 3. The summed E-state index contributed by atoms with van der Waals surface area (Å²) in [6.07, 6.45) is 0.216. The third kappa shape index (κ3) is 3.33. The first-order valence-electron chi connectivity index (χ1n) is 10.8. The zero-order chi connectivity index (χ0) is 25.3. The number of nitrogens with two attached hydrogens (primary N) is 2. The summed E-state index contributed by atoms with van der Waals surface area (Å²) in [7, 11) is 0. The van der Waals surface area contributed by atoms with Crippen molar-refractivity contribution in [3.63, 3.8) is 0 Å². The van der Waals surface area contributed by atoms with Crippen molar-refractivity contribution in [2.75, 3.05) is 13.1 Å². The van der Waals surface area contributed by atoms with E-state index in [2.05, 4.69) is 20.9 Å². The highest BCUT2D eigenvalue weighted by Gasteiger charge is 2.78. The first-order chi connectivity index (χ1) is 16.5. The number of guanidine groups is 2. The van der Waals surface area contributed by atoms with Gasteiger partial charge in [0.2, 0.25) is 11.8 Å². The smallest absolute Gasteiger partial charge is 0.347 e. The van der Waals surface area contributed by atoms with Gasteiger partial charge < -0.3 is 15.5 Å². The van der Waals surface area contributed by atoms with Gasteiger partial charge in [0.1, 0.15) is 12.1 Å². The molecule has 35 heavy (non-hydrogen) atoms. The molecule has 0 bridgehead atoms. The largest absolute Gasteiger partial charge is 0.358 e. The topological polar surface area (TPSA) is 200 Å². The second kappa shape index (κ2) is 7.95. The Morgan fingerprint density at radius 3 is 2.63 bits per heavy atom. The Kier molecular flexibility index (Phi) is 5.36. The summed E-state index contributed by atoms with van der Waals surface area (Å²) in [6.45, 7) is -0.200. The Morgan fingerprint density at radius 1 is 1.26 bits per heavy atom. The molecule has 1 aromatic carbocycles. The number of nitrogens with one attached hydrogen (secondary N) is 4. The molecule has 1 aromatic rings. The van der Waals surface area contributed by atoms with E-state index >= 15 is 0 Å². The van der Waals surface area contributed by atoms with Crippen molar-refractivity contribution in [3.8, 4) is 0 Å². The SMILES string of the molecule is NC1=[NH+][C@H]2[C@H](CN3C(=O)CCC3=O)NC(N)=[N+]3CC(NC(=O)c4cccc(Cl)c4Cl)C(O)(O)[C@]23N1. The molecule has 5 rings (SSSR count). The van der Waals surface area contributed by atoms with E-state index in [1.807, 2.05) is 0 Å². The van der Waals surface area contributed by atoms with Crippen LogP contribution in [-0.4, -0.2) is 92.0 Å². The number of carbonyl (C=O) groups excluding carboxylic acids is 3. The van der Waals surface area contributed by atoms with Crippen molar-refractivity contribution >= 4 is 52.8 Å². The predicted octanol–water partition coefficient (Wildman–Crippen LogP) is -4.70. The number of hydrogen-bond acceptors (Lipinski definition) is 9. The van der Waals surface area contributed by atoms with E-state index in [4.69, 9.17) is 34.7 Å². The Labute approximate surface area is 208 Å². The Balaban J connectivity index is 1.48. The van der Waals surface area contributed by atoms with Gasteiger partial charge in [0, 0.05) is 12.8 Å². The molecular formula is C20H24Cl2N8O5+2. The molecular weight excluding hydrogens is 503 g/mol. The van der Waals surface area contributed by atoms with E-state index in [1.165, 1.54) is 16.7 Å². The van der Waals surface area contributed by atoms with Crippen molar-refractivity contribution in [2.45, 2.75) is 42.4 Å². The zero-order valence-electron chi connectivity index (χ0n) is 18.2. The highest BCUT2D eigenvalue weighted by Crippen LogP contribution is 2.38. The van der Waals surface area contributed by atoms with Gasteiger partial charge in [-0.25, -0.2) is 9.89 Å². The van der Waals surface area contributed by atoms with E-state index in [0.717, 1.165) is 4.90 Å². The van der Waals surface area contributed by atoms with Gasteiger partial charge in [0.25, 0.3) is 17.4 Å². The Bertz CT molecular complexity index is 1200. The molecule has 1 unspecified atom stereocenters. The summed E-state index contributed by atoms with van der Waals surface area (Å²) >= 11 is 12.2. The maximum absolute atomic E-state index is 13.0. The van der Waals surface area contributed by atoms with Crippen molar-refractivity contribution in [1.29, 1.82) is 0 Å². The predicted molar refractivity (Wildman–Crippen MR) is 122 cm³/mol. The monoisotopic (exact) mass is 526 g/mol. The van der Waals surface area contributed by atoms with Crippen LogP contribution in [0.3, 0.4) is 0 Å². The lowest BCUT2D eigenvalue weighted by atomic mass is 9.85. The highest BCUT2D eigenvalue weighted by molar-refractivity contribution is 6.43. The van der Waals surface area contributed by atoms with Crippen LogP contribution in [0.5, 0.6) is 0 Å². The molecule has 4 atom stereocenters. The minimum absolute atomic E-state index is 0.0193. The first kappa shape index (κ1) is 23.6. The van der Waals surface area contributed by atoms with Crippen LogP contribution >= 0.6 is 23.2 Å². The molecule has 4 aliphatic rings. The van der Waals surface area contributed by atoms with Crippen LogP contribution in [0.25, 0.3) is 0 Å². The number of imide groups is 1. The molecule has 15 heteroatoms. The van der Waals surface area contributed by atoms with Crippen molar-refractivity contribution in [2.24, 2.45) is 11.5 Å². The summed E-state index contributed by atoms with van der Waals surface area (Å²) < 4.78 is 1.44. The number of carbonyl (C=O) groups is 3. The van der Waals surface area contributed by atoms with Crippen molar-refractivity contribution < 1.29 is 34.2 Å². The highest BCUT2D eigenvalue weighted by atomic mass is 35.5. The lowest BCUT2D eigenvalue weighted by molar-refractivity contribution is -0.674. The number of aliphatic hydroxyl groups is 2. The molecule has 2 fully saturated rings. The molecule has 186 valence electrons. The molecule has 4 aliphatic heterocycles. The normalized spacial score (nSPS) is 31.0. The molecule has 4 heterocycles. The van der Waals surface area contributed by atoms with Crippen LogP contribution in [0.15, 0.2) is 18.2 Å². The minimum Gasteiger partial charge on any atom is -0.358 e. The van der Waals surface area contributed by atoms with Crippen LogP contribution in [-0.2, 0) is 9.59 Å². The van der Waals surface area contributed by atoms with Gasteiger partial charge >= 0.3 is 11.9 Å². The van der Waals surface area contributed by atoms with Gasteiger partial charge in [0.15, 0.2) is 6.04 Å². The second-order valence-corrected chi connectivity index (χ2v) is 9.71. The lowest BCUT2D eigenvalue weighted by Crippen LogP contribution is -2.92. The molecule has 0 saturated carbocycles. The van der Waals surface area contributed by atoms with Crippen molar-refractivity contribution in [3.05, 3.63) is 33.8 Å². The number of benzene rings is 1. The number of hydrogen-bond donors (Lipinski definition) is 8. The Hall–Kier alpha value is -3.13. The molecule has 0 aliphatic carbocycles. The van der Waals surface area contributed by atoms with Gasteiger partial charge in [-0.2, -0.15) is 0 Å². The van der Waals surface area contributed by atoms with E-state index in [9.17, 15) is 24.6 Å². The lowest BCUT2D eigenvalue weighted by Gasteiger charge is -2.41. The molecule has 2 saturated heterocycles. The molecule has 10 N–H and O–H groups in total. The van der Waals surface area contributed by atoms with Gasteiger partial charge in [0.05, 0.1) is 28.7 Å². The third-order valence-electron chi connectivity index (χ3n) is 6.99. The minimum atomic E-state index is -2.63. The second-order valence-electron chi connectivity index (χ2n) is 8.93. The molecule has 0 aromatic heterocycles. The standard InChI is InChI=1S/C20H22Cl2N8O5/c21-9-3-1-2-8(14(9)22)16(33)26-11-7-30-18(24)25-10(6-29-12(31)4-5-13(29)32)15-19(30,20(11,34)35)28-17(23)27-15/h1-3,10-11,15,34-35H,4-7H2,(H6,23,24,25,26,27,28,33)/p+2/t10-,11?,15-,19-/m0/s1. The van der Waals surface area contributed by atoms with Crippen molar-refractivity contribution in [1.82, 2.24) is 20.9 Å². The first-order valence-corrected chi connectivity index (χ1v) is 11.6. The van der Waals surface area contributed by atoms with Crippen LogP contribution in [0, 0.1) is 0 Å². The fourth-order valence-corrected chi connectivity index (χ4v) is 5.72. The number of rotatable bonds is 4. The van der Waals surface area contributed by atoms with Crippen LogP contribution in [0.4, 0.5) is 0 Å². The van der Waals surface area contributed by atoms with Gasteiger partial charge in [-0.1, -0.05) is 29.3 Å². The van der Waals surface area contributed by atoms with E-state index in [-0.39, 0.29) is 65.3 Å². The summed E-state index contributed by atoms with van der Waals surface area (Å²) in [5, 5.41) is 31.6. The number of halogens is 2. The van der Waals surface area contributed by atoms with E-state index in [1.54, 1.807) is 6.07 Å². The Morgan fingerprint density at radius 2 is 1.94 bits per heavy atom. The average molecular weight is 527 g/mol. The van der Waals surface area contributed by atoms with E-state index < -0.39 is 35.5 Å². The maximum atomic E-state index is 13.0. The summed E-state index contributed by atoms with van der Waals surface area (Å²) in [4.78, 5) is 41.5. The molecule has 0 radical (unpaired) electrons.